The predicted molar refractivity (Wildman–Crippen MR) is 125 cm³/mol. The first-order valence-corrected chi connectivity index (χ1v) is 10.4. The first kappa shape index (κ1) is 18.5. The Morgan fingerprint density at radius 1 is 0.406 bits per heavy atom. The number of para-hydroxylation sites is 4. The molecule has 0 saturated carbocycles. The van der Waals surface area contributed by atoms with Crippen molar-refractivity contribution in [1.29, 1.82) is 0 Å². The number of benzene rings is 4. The SMILES string of the molecule is C(#Cc1ccc(B2Oc3ccccc3O2)cc1)c1ccc(B2Oc3ccccc3O2)cc1. The van der Waals surface area contributed by atoms with E-state index in [0.29, 0.717) is 0 Å². The second kappa shape index (κ2) is 7.79. The molecule has 0 unspecified atom stereocenters. The highest BCUT2D eigenvalue weighted by Crippen LogP contribution is 2.33. The summed E-state index contributed by atoms with van der Waals surface area (Å²) >= 11 is 0. The van der Waals surface area contributed by atoms with Crippen LogP contribution in [0, 0.1) is 11.8 Å². The van der Waals surface area contributed by atoms with Crippen LogP contribution in [-0.2, 0) is 0 Å². The van der Waals surface area contributed by atoms with Crippen LogP contribution in [0.3, 0.4) is 0 Å². The van der Waals surface area contributed by atoms with E-state index in [0.717, 1.165) is 45.1 Å². The summed E-state index contributed by atoms with van der Waals surface area (Å²) in [7, 11) is -0.846. The van der Waals surface area contributed by atoms with Gasteiger partial charge in [0.15, 0.2) is 0 Å². The van der Waals surface area contributed by atoms with Crippen LogP contribution in [-0.4, -0.2) is 14.2 Å². The van der Waals surface area contributed by atoms with Crippen molar-refractivity contribution in [3.63, 3.8) is 0 Å². The molecule has 150 valence electrons. The van der Waals surface area contributed by atoms with Gasteiger partial charge in [0, 0.05) is 22.1 Å². The molecule has 2 aliphatic heterocycles. The number of hydrogen-bond acceptors (Lipinski definition) is 4. The van der Waals surface area contributed by atoms with Crippen LogP contribution < -0.4 is 29.5 Å². The van der Waals surface area contributed by atoms with Gasteiger partial charge in [-0.05, 0) is 48.5 Å². The third kappa shape index (κ3) is 3.55. The lowest BCUT2D eigenvalue weighted by Gasteiger charge is -2.05. The number of rotatable bonds is 2. The fourth-order valence-electron chi connectivity index (χ4n) is 3.66. The molecule has 6 heteroatoms. The van der Waals surface area contributed by atoms with Crippen molar-refractivity contribution in [2.24, 2.45) is 0 Å². The molecular formula is C26H16B2O4. The Balaban J connectivity index is 1.12. The lowest BCUT2D eigenvalue weighted by molar-refractivity contribution is 0.518. The molecular weight excluding hydrogens is 398 g/mol. The number of hydrogen-bond donors (Lipinski definition) is 0. The monoisotopic (exact) mass is 414 g/mol. The minimum atomic E-state index is -0.423. The second-order valence-electron chi connectivity index (χ2n) is 7.52. The minimum Gasteiger partial charge on any atom is -0.519 e. The zero-order chi connectivity index (χ0) is 21.3. The van der Waals surface area contributed by atoms with Gasteiger partial charge in [0.2, 0.25) is 0 Å². The normalized spacial score (nSPS) is 13.0. The summed E-state index contributed by atoms with van der Waals surface area (Å²) in [4.78, 5) is 0. The molecule has 0 saturated heterocycles. The molecule has 0 N–H and O–H groups in total. The van der Waals surface area contributed by atoms with E-state index < -0.39 is 14.2 Å². The van der Waals surface area contributed by atoms with Crippen LogP contribution in [0.2, 0.25) is 0 Å². The molecule has 0 aromatic heterocycles. The largest absolute Gasteiger partial charge is 0.632 e. The van der Waals surface area contributed by atoms with Crippen molar-refractivity contribution in [3.05, 3.63) is 108 Å². The van der Waals surface area contributed by atoms with E-state index in [9.17, 15) is 0 Å². The summed E-state index contributed by atoms with van der Waals surface area (Å²) in [5, 5.41) is 0. The van der Waals surface area contributed by atoms with Crippen LogP contribution in [0.15, 0.2) is 97.1 Å². The smallest absolute Gasteiger partial charge is 0.519 e. The third-order valence-corrected chi connectivity index (χ3v) is 5.35. The maximum atomic E-state index is 5.86. The van der Waals surface area contributed by atoms with Gasteiger partial charge in [-0.2, -0.15) is 0 Å². The van der Waals surface area contributed by atoms with Gasteiger partial charge >= 0.3 is 14.2 Å². The third-order valence-electron chi connectivity index (χ3n) is 5.35. The van der Waals surface area contributed by atoms with E-state index in [4.69, 9.17) is 18.6 Å². The zero-order valence-electron chi connectivity index (χ0n) is 17.0. The molecule has 0 bridgehead atoms. The molecule has 0 spiro atoms. The summed E-state index contributed by atoms with van der Waals surface area (Å²) in [5.41, 5.74) is 3.75. The van der Waals surface area contributed by atoms with Crippen molar-refractivity contribution in [2.45, 2.75) is 0 Å². The average Bonchev–Trinajstić information content (AvgIpc) is 3.48. The topological polar surface area (TPSA) is 36.9 Å². The Kier molecular flexibility index (Phi) is 4.51. The van der Waals surface area contributed by atoms with Gasteiger partial charge in [0.1, 0.15) is 23.0 Å². The van der Waals surface area contributed by atoms with Crippen molar-refractivity contribution in [2.75, 3.05) is 0 Å². The van der Waals surface area contributed by atoms with Gasteiger partial charge in [0.25, 0.3) is 0 Å². The first-order chi connectivity index (χ1) is 15.8. The molecule has 32 heavy (non-hydrogen) atoms. The van der Waals surface area contributed by atoms with E-state index in [1.54, 1.807) is 0 Å². The summed E-state index contributed by atoms with van der Waals surface area (Å²) in [6.07, 6.45) is 0. The average molecular weight is 414 g/mol. The van der Waals surface area contributed by atoms with Gasteiger partial charge in [-0.15, -0.1) is 0 Å². The quantitative estimate of drug-likeness (QED) is 0.372. The molecule has 0 atom stereocenters. The van der Waals surface area contributed by atoms with Crippen molar-refractivity contribution in [1.82, 2.24) is 0 Å². The fourth-order valence-corrected chi connectivity index (χ4v) is 3.66. The van der Waals surface area contributed by atoms with Gasteiger partial charge in [-0.1, -0.05) is 60.4 Å². The Morgan fingerprint density at radius 3 is 1.03 bits per heavy atom. The van der Waals surface area contributed by atoms with Crippen LogP contribution >= 0.6 is 0 Å². The van der Waals surface area contributed by atoms with Crippen LogP contribution in [0.25, 0.3) is 0 Å². The van der Waals surface area contributed by atoms with Crippen LogP contribution in [0.4, 0.5) is 0 Å². The molecule has 2 heterocycles. The van der Waals surface area contributed by atoms with E-state index in [2.05, 4.69) is 11.8 Å². The lowest BCUT2D eigenvalue weighted by atomic mass is 9.79. The fraction of sp³-hybridized carbons (Fsp3) is 0. The summed E-state index contributed by atoms with van der Waals surface area (Å²) < 4.78 is 23.4. The lowest BCUT2D eigenvalue weighted by Crippen LogP contribution is -2.38. The van der Waals surface area contributed by atoms with Crippen molar-refractivity contribution < 1.29 is 18.6 Å². The Labute approximate surface area is 187 Å². The maximum absolute atomic E-state index is 5.86. The highest BCUT2D eigenvalue weighted by Gasteiger charge is 2.34. The van der Waals surface area contributed by atoms with Gasteiger partial charge in [0.05, 0.1) is 0 Å². The van der Waals surface area contributed by atoms with Crippen molar-refractivity contribution >= 4 is 25.2 Å². The van der Waals surface area contributed by atoms with Crippen molar-refractivity contribution in [3.8, 4) is 34.8 Å². The minimum absolute atomic E-state index is 0.423. The van der Waals surface area contributed by atoms with E-state index in [1.165, 1.54) is 0 Å². The Morgan fingerprint density at radius 2 is 0.719 bits per heavy atom. The molecule has 6 rings (SSSR count). The molecule has 0 fully saturated rings. The molecule has 0 amide bonds. The molecule has 4 aromatic rings. The molecule has 4 aromatic carbocycles. The van der Waals surface area contributed by atoms with Crippen LogP contribution in [0.1, 0.15) is 11.1 Å². The van der Waals surface area contributed by atoms with Gasteiger partial charge in [-0.25, -0.2) is 0 Å². The van der Waals surface area contributed by atoms with E-state index in [1.807, 2.05) is 97.1 Å². The summed E-state index contributed by atoms with van der Waals surface area (Å²) in [6, 6.07) is 31.2. The summed E-state index contributed by atoms with van der Waals surface area (Å²) in [5.74, 6) is 9.47. The molecule has 0 aliphatic carbocycles. The summed E-state index contributed by atoms with van der Waals surface area (Å²) in [6.45, 7) is 0. The molecule has 0 radical (unpaired) electrons. The van der Waals surface area contributed by atoms with E-state index >= 15 is 0 Å². The first-order valence-electron chi connectivity index (χ1n) is 10.4. The molecule has 4 nitrogen and oxygen atoms in total. The van der Waals surface area contributed by atoms with Gasteiger partial charge < -0.3 is 18.6 Å². The Bertz CT molecular complexity index is 1190. The maximum Gasteiger partial charge on any atom is 0.632 e. The Hall–Kier alpha value is -4.23. The molecule has 2 aliphatic rings. The van der Waals surface area contributed by atoms with Gasteiger partial charge in [-0.3, -0.25) is 0 Å². The van der Waals surface area contributed by atoms with E-state index in [-0.39, 0.29) is 0 Å². The standard InChI is InChI=1S/C26H16B2O4/c1-2-6-24-23(5-1)29-27(30-24)21-15-11-19(12-16-21)9-10-20-13-17-22(18-14-20)28-31-25-7-3-4-8-26(25)32-28/h1-8,11-18H. The highest BCUT2D eigenvalue weighted by molar-refractivity contribution is 6.64. The highest BCUT2D eigenvalue weighted by atomic mass is 16.6. The number of fused-ring (bicyclic) bond motifs is 2. The van der Waals surface area contributed by atoms with Crippen LogP contribution in [0.5, 0.6) is 23.0 Å². The predicted octanol–water partition coefficient (Wildman–Crippen LogP) is 3.42. The second-order valence-corrected chi connectivity index (χ2v) is 7.52. The zero-order valence-corrected chi connectivity index (χ0v) is 17.0.